The number of thioether (sulfide) groups is 2. The van der Waals surface area contributed by atoms with Crippen molar-refractivity contribution < 1.29 is 9.59 Å². The Morgan fingerprint density at radius 3 is 1.07 bits per heavy atom. The Bertz CT molecular complexity index is 5760. The minimum Gasteiger partial charge on any atom is -0.298 e. The first-order valence-corrected chi connectivity index (χ1v) is 38.2. The molecule has 0 unspecified atom stereocenters. The van der Waals surface area contributed by atoms with Crippen molar-refractivity contribution in [3.8, 4) is 65.6 Å². The highest BCUT2D eigenvalue weighted by atomic mass is 32.2. The molecule has 2 saturated heterocycles. The normalized spacial score (nSPS) is 17.1. The molecule has 18 heteroatoms. The van der Waals surface area contributed by atoms with Crippen molar-refractivity contribution in [3.63, 3.8) is 0 Å². The third-order valence-corrected chi connectivity index (χ3v) is 27.9. The van der Waals surface area contributed by atoms with Crippen LogP contribution in [0.2, 0.25) is 0 Å². The van der Waals surface area contributed by atoms with Crippen LogP contribution in [0.4, 0.5) is 0 Å². The van der Waals surface area contributed by atoms with Gasteiger partial charge in [0.1, 0.15) is 37.8 Å². The average molecular weight is 1420 g/mol. The summed E-state index contributed by atoms with van der Waals surface area (Å²) in [5.41, 5.74) is 23.0. The molecule has 2 fully saturated rings. The second-order valence-corrected chi connectivity index (χ2v) is 32.5. The van der Waals surface area contributed by atoms with Gasteiger partial charge in [0.25, 0.3) is 22.9 Å². The lowest BCUT2D eigenvalue weighted by Gasteiger charge is -2.30. The van der Waals surface area contributed by atoms with E-state index in [2.05, 4.69) is 182 Å². The van der Waals surface area contributed by atoms with Crippen LogP contribution in [0, 0.1) is 0 Å². The molecular formula is C80H52N6O4S8. The number of nitrogens with zero attached hydrogens (tertiary/aromatic N) is 6. The average Bonchev–Trinajstić information content (AvgIpc) is 1.51. The monoisotopic (exact) mass is 1420 g/mol. The van der Waals surface area contributed by atoms with E-state index in [-0.39, 0.29) is 22.9 Å². The Labute approximate surface area is 596 Å². The maximum atomic E-state index is 14.3. The third kappa shape index (κ3) is 8.25. The van der Waals surface area contributed by atoms with Crippen molar-refractivity contribution in [2.24, 2.45) is 0 Å². The molecule has 4 aromatic heterocycles. The molecule has 0 atom stereocenters. The maximum Gasteiger partial charge on any atom is 0.269 e. The molecule has 0 radical (unpaired) electrons. The van der Waals surface area contributed by atoms with Crippen LogP contribution in [0.1, 0.15) is 83.3 Å². The Balaban J connectivity index is 0.703. The van der Waals surface area contributed by atoms with Crippen LogP contribution in [-0.2, 0) is 33.5 Å². The first-order valence-electron chi connectivity index (χ1n) is 32.5. The van der Waals surface area contributed by atoms with E-state index in [9.17, 15) is 19.2 Å². The standard InChI is InChI=1S/C80H52N6O4S8/c1-5-83-71(87)65(95-75(83)67-73(89)85(7-3)77(91)97-67)35-41-25-29-49-51-31-27-43(37-59(51)79(57(49)33-41)53-21-13-9-17-45(53)46-18-10-14-22-54(46)79)69-81-61-39-64-62(40-63(61)93-69)82-70(94-64)44-28-32-52-50-30-26-42(36-66-72(88)84(6-2)76(96-66)68-74(90)86(8-4)78(92)98-68)34-58(50)80(60(52)38-44)55-23-15-11-19-47(55)48-20-12-16-24-56(48)80/h9-40H,5-8H2,1-4H3/b65-35+,66-36+,75-67+,76-68+. The van der Waals surface area contributed by atoms with Crippen LogP contribution in [0.25, 0.3) is 108 Å². The predicted octanol–water partition coefficient (Wildman–Crippen LogP) is 15.0. The Morgan fingerprint density at radius 1 is 0.388 bits per heavy atom. The van der Waals surface area contributed by atoms with Gasteiger partial charge < -0.3 is 0 Å². The van der Waals surface area contributed by atoms with E-state index >= 15 is 0 Å². The number of carbonyl (C=O) groups excluding carboxylic acids is 2. The van der Waals surface area contributed by atoms with Gasteiger partial charge in [-0.05, 0) is 176 Å². The highest BCUT2D eigenvalue weighted by molar-refractivity contribution is 8.30. The van der Waals surface area contributed by atoms with Gasteiger partial charge in [-0.3, -0.25) is 38.1 Å². The fraction of sp³-hybridized carbons (Fsp3) is 0.125. The van der Waals surface area contributed by atoms with Crippen LogP contribution >= 0.6 is 93.3 Å². The minimum atomic E-state index is -0.670. The first-order chi connectivity index (χ1) is 47.8. The second-order valence-electron chi connectivity index (χ2n) is 25.1. The van der Waals surface area contributed by atoms with Gasteiger partial charge in [-0.2, -0.15) is 0 Å². The van der Waals surface area contributed by atoms with Gasteiger partial charge in [0.2, 0.25) is 0 Å². The van der Waals surface area contributed by atoms with Gasteiger partial charge in [0.05, 0.1) is 40.3 Å². The molecule has 2 spiro atoms. The number of thiazole rings is 4. The first kappa shape index (κ1) is 60.1. The molecule has 0 bridgehead atoms. The number of carbonyl (C=O) groups is 2. The molecule has 6 aliphatic rings. The summed E-state index contributed by atoms with van der Waals surface area (Å²) in [4.78, 5) is 70.9. The third-order valence-electron chi connectivity index (χ3n) is 20.4. The van der Waals surface area contributed by atoms with Gasteiger partial charge in [-0.15, -0.1) is 45.3 Å². The lowest BCUT2D eigenvalue weighted by Crippen LogP contribution is -2.33. The summed E-state index contributed by atoms with van der Waals surface area (Å²) >= 11 is 19.8. The zero-order valence-corrected chi connectivity index (χ0v) is 59.4. The second kappa shape index (κ2) is 22.2. The van der Waals surface area contributed by atoms with Gasteiger partial charge >= 0.3 is 0 Å². The van der Waals surface area contributed by atoms with Gasteiger partial charge in [0.15, 0.2) is 0 Å². The number of hydrogen-bond donors (Lipinski definition) is 0. The van der Waals surface area contributed by atoms with E-state index in [0.29, 0.717) is 63.0 Å². The summed E-state index contributed by atoms with van der Waals surface area (Å²) in [6.07, 6.45) is 3.97. The highest BCUT2D eigenvalue weighted by Gasteiger charge is 2.54. The number of fused-ring (bicyclic) bond motifs is 22. The Kier molecular flexibility index (Phi) is 13.6. The van der Waals surface area contributed by atoms with Crippen LogP contribution in [0.15, 0.2) is 192 Å². The number of amides is 2. The summed E-state index contributed by atoms with van der Waals surface area (Å²) in [6, 6.07) is 66.5. The summed E-state index contributed by atoms with van der Waals surface area (Å²) in [5.74, 6) is -0.306. The lowest BCUT2D eigenvalue weighted by atomic mass is 9.70. The van der Waals surface area contributed by atoms with Gasteiger partial charge in [0, 0.05) is 37.3 Å². The minimum absolute atomic E-state index is 0.125. The van der Waals surface area contributed by atoms with E-state index in [4.69, 9.17) is 34.4 Å². The van der Waals surface area contributed by atoms with Crippen molar-refractivity contribution in [3.05, 3.63) is 277 Å². The van der Waals surface area contributed by atoms with Gasteiger partial charge in [-0.1, -0.05) is 194 Å². The Morgan fingerprint density at radius 2 is 0.724 bits per heavy atom. The highest BCUT2D eigenvalue weighted by Crippen LogP contribution is 2.65. The van der Waals surface area contributed by atoms with E-state index in [0.717, 1.165) is 86.1 Å². The quantitative estimate of drug-likeness (QED) is 0.136. The summed E-state index contributed by atoms with van der Waals surface area (Å²) < 4.78 is 8.94. The molecule has 0 N–H and O–H groups in total. The van der Waals surface area contributed by atoms with Crippen molar-refractivity contribution >= 4 is 156 Å². The molecule has 2 aliphatic heterocycles. The molecule has 6 heterocycles. The summed E-state index contributed by atoms with van der Waals surface area (Å²) in [6.45, 7) is 9.50. The van der Waals surface area contributed by atoms with E-state index in [1.54, 1.807) is 41.6 Å². The fourth-order valence-corrected chi connectivity index (χ4v) is 23.6. The zero-order chi connectivity index (χ0) is 66.4. The SMILES string of the molecule is CCN1C(=O)/C(=c2\s/c(=C/c3ccc4c(c3)C3(c5ccccc5-c5ccccc53)c3cc(-c5nc6cc7sc(-c8ccc9c(c8)C8(c%10ccccc%10-c%10ccccc%108)c8cc(/C=c%10/s/c(=C%11/SC(=S)N(CC)C%11=O)n(CC)c%10=O)ccc8-9)nc7cc6s5)ccc3-4)c(=O)n2CC)SC1=S. The molecule has 474 valence electrons. The van der Waals surface area contributed by atoms with Crippen molar-refractivity contribution in [1.82, 2.24) is 28.9 Å². The molecule has 0 saturated carbocycles. The molecule has 4 aliphatic carbocycles. The number of rotatable bonds is 8. The number of aromatic nitrogens is 4. The molecule has 13 aromatic rings. The largest absolute Gasteiger partial charge is 0.298 e. The van der Waals surface area contributed by atoms with Crippen LogP contribution < -0.4 is 29.5 Å². The van der Waals surface area contributed by atoms with Crippen LogP contribution in [0.5, 0.6) is 0 Å². The fourth-order valence-electron chi connectivity index (χ4n) is 16.2. The van der Waals surface area contributed by atoms with Crippen molar-refractivity contribution in [1.29, 1.82) is 0 Å². The molecular weight excluding hydrogens is 1370 g/mol. The maximum absolute atomic E-state index is 14.3. The number of benzene rings is 9. The van der Waals surface area contributed by atoms with Crippen molar-refractivity contribution in [2.45, 2.75) is 51.6 Å². The molecule has 19 rings (SSSR count). The van der Waals surface area contributed by atoms with E-state index in [1.807, 2.05) is 39.8 Å². The Hall–Kier alpha value is -9.08. The molecule has 98 heavy (non-hydrogen) atoms. The van der Waals surface area contributed by atoms with Crippen LogP contribution in [0.3, 0.4) is 0 Å². The summed E-state index contributed by atoms with van der Waals surface area (Å²) in [7, 11) is 0. The predicted molar refractivity (Wildman–Crippen MR) is 412 cm³/mol. The van der Waals surface area contributed by atoms with Crippen molar-refractivity contribution in [2.75, 3.05) is 13.1 Å². The molecule has 10 nitrogen and oxygen atoms in total. The smallest absolute Gasteiger partial charge is 0.269 e. The zero-order valence-electron chi connectivity index (χ0n) is 52.9. The van der Waals surface area contributed by atoms with Gasteiger partial charge in [-0.25, -0.2) is 9.97 Å². The van der Waals surface area contributed by atoms with E-state index in [1.165, 1.54) is 102 Å². The molecule has 2 amide bonds. The topological polar surface area (TPSA) is 110 Å². The van der Waals surface area contributed by atoms with Crippen LogP contribution in [-0.4, -0.2) is 62.4 Å². The number of hydrogen-bond acceptors (Lipinski definition) is 14. The molecule has 9 aromatic carbocycles. The lowest BCUT2D eigenvalue weighted by molar-refractivity contribution is -0.121. The van der Waals surface area contributed by atoms with E-state index < -0.39 is 10.8 Å². The number of thiocarbonyl (C=S) groups is 2. The summed E-state index contributed by atoms with van der Waals surface area (Å²) in [5, 5.41) is 1.85.